The lowest BCUT2D eigenvalue weighted by Crippen LogP contribution is -2.44. The van der Waals surface area contributed by atoms with Crippen molar-refractivity contribution in [3.63, 3.8) is 0 Å². The number of halogens is 1. The van der Waals surface area contributed by atoms with Crippen molar-refractivity contribution in [2.24, 2.45) is 5.73 Å². The highest BCUT2D eigenvalue weighted by atomic mass is 19.1. The summed E-state index contributed by atoms with van der Waals surface area (Å²) in [5, 5.41) is 11.8. The van der Waals surface area contributed by atoms with Crippen LogP contribution in [-0.2, 0) is 9.59 Å². The van der Waals surface area contributed by atoms with Crippen molar-refractivity contribution in [3.8, 4) is 0 Å². The summed E-state index contributed by atoms with van der Waals surface area (Å²) in [5.41, 5.74) is 5.52. The van der Waals surface area contributed by atoms with Crippen LogP contribution < -0.4 is 11.1 Å². The van der Waals surface area contributed by atoms with E-state index in [0.717, 1.165) is 17.0 Å². The van der Waals surface area contributed by atoms with Gasteiger partial charge in [-0.05, 0) is 24.3 Å². The molecule has 0 saturated carbocycles. The maximum Gasteiger partial charge on any atom is 0.326 e. The first-order valence-corrected chi connectivity index (χ1v) is 6.71. The largest absolute Gasteiger partial charge is 0.480 e. The fraction of sp³-hybridized carbons (Fsp3) is 0.357. The van der Waals surface area contributed by atoms with E-state index in [4.69, 9.17) is 10.8 Å². The molecule has 8 heteroatoms. The first kappa shape index (κ1) is 15.9. The number of hydrogen-bond donors (Lipinski definition) is 3. The van der Waals surface area contributed by atoms with Gasteiger partial charge in [0.2, 0.25) is 5.91 Å². The van der Waals surface area contributed by atoms with Crippen LogP contribution in [0.1, 0.15) is 16.8 Å². The van der Waals surface area contributed by atoms with Crippen molar-refractivity contribution >= 4 is 17.8 Å². The molecule has 2 unspecified atom stereocenters. The van der Waals surface area contributed by atoms with E-state index in [-0.39, 0.29) is 25.1 Å². The SMILES string of the molecule is NCC(=O)N1CC(NC(=O)c2ccc(F)cc2)CC1C(=O)O. The van der Waals surface area contributed by atoms with E-state index in [0.29, 0.717) is 0 Å². The summed E-state index contributed by atoms with van der Waals surface area (Å²) < 4.78 is 12.8. The van der Waals surface area contributed by atoms with E-state index in [1.807, 2.05) is 0 Å². The standard InChI is InChI=1S/C14H16FN3O4/c15-9-3-1-8(2-4-9)13(20)17-10-5-11(14(21)22)18(7-10)12(19)6-16/h1-4,10-11H,5-7,16H2,(H,17,20)(H,21,22). The van der Waals surface area contributed by atoms with Crippen LogP contribution >= 0.6 is 0 Å². The molecule has 2 atom stereocenters. The fourth-order valence-corrected chi connectivity index (χ4v) is 2.44. The first-order chi connectivity index (χ1) is 10.4. The van der Waals surface area contributed by atoms with E-state index in [9.17, 15) is 18.8 Å². The fourth-order valence-electron chi connectivity index (χ4n) is 2.44. The molecular weight excluding hydrogens is 293 g/mol. The summed E-state index contributed by atoms with van der Waals surface area (Å²) in [7, 11) is 0. The molecule has 1 fully saturated rings. The number of benzene rings is 1. The van der Waals surface area contributed by atoms with Gasteiger partial charge in [-0.15, -0.1) is 0 Å². The van der Waals surface area contributed by atoms with Crippen LogP contribution in [0.5, 0.6) is 0 Å². The normalized spacial score (nSPS) is 20.7. The predicted octanol–water partition coefficient (Wildman–Crippen LogP) is -0.432. The number of carbonyl (C=O) groups excluding carboxylic acids is 2. The maximum absolute atomic E-state index is 12.8. The maximum atomic E-state index is 12.8. The van der Waals surface area contributed by atoms with Gasteiger partial charge >= 0.3 is 5.97 Å². The van der Waals surface area contributed by atoms with Gasteiger partial charge in [0, 0.05) is 24.6 Å². The summed E-state index contributed by atoms with van der Waals surface area (Å²) in [5.74, 6) is -2.52. The highest BCUT2D eigenvalue weighted by Crippen LogP contribution is 2.19. The second kappa shape index (κ2) is 6.52. The number of amides is 2. The van der Waals surface area contributed by atoms with Gasteiger partial charge < -0.3 is 21.1 Å². The summed E-state index contributed by atoms with van der Waals surface area (Å²) in [6.07, 6.45) is 0.105. The van der Waals surface area contributed by atoms with E-state index < -0.39 is 35.7 Å². The summed E-state index contributed by atoms with van der Waals surface area (Å²) >= 11 is 0. The first-order valence-electron chi connectivity index (χ1n) is 6.71. The molecular formula is C14H16FN3O4. The van der Waals surface area contributed by atoms with Crippen LogP contribution in [0.25, 0.3) is 0 Å². The van der Waals surface area contributed by atoms with Gasteiger partial charge in [-0.1, -0.05) is 0 Å². The molecule has 1 aliphatic heterocycles. The number of carboxylic acids is 1. The van der Waals surface area contributed by atoms with Gasteiger partial charge in [-0.2, -0.15) is 0 Å². The number of likely N-dealkylation sites (tertiary alicyclic amines) is 1. The monoisotopic (exact) mass is 309 g/mol. The van der Waals surface area contributed by atoms with Crippen molar-refractivity contribution in [2.75, 3.05) is 13.1 Å². The van der Waals surface area contributed by atoms with Gasteiger partial charge in [0.15, 0.2) is 0 Å². The van der Waals surface area contributed by atoms with Crippen LogP contribution in [0.3, 0.4) is 0 Å². The van der Waals surface area contributed by atoms with Crippen molar-refractivity contribution in [1.29, 1.82) is 0 Å². The lowest BCUT2D eigenvalue weighted by atomic mass is 10.1. The zero-order valence-electron chi connectivity index (χ0n) is 11.7. The molecule has 1 heterocycles. The molecule has 118 valence electrons. The minimum Gasteiger partial charge on any atom is -0.480 e. The van der Waals surface area contributed by atoms with E-state index in [2.05, 4.69) is 5.32 Å². The lowest BCUT2D eigenvalue weighted by molar-refractivity contribution is -0.147. The minimum atomic E-state index is -1.14. The van der Waals surface area contributed by atoms with Gasteiger partial charge in [0.05, 0.1) is 6.54 Å². The Morgan fingerprint density at radius 1 is 1.32 bits per heavy atom. The molecule has 4 N–H and O–H groups in total. The summed E-state index contributed by atoms with van der Waals surface area (Å²) in [6, 6.07) is 3.49. The van der Waals surface area contributed by atoms with Gasteiger partial charge in [-0.25, -0.2) is 9.18 Å². The number of nitrogens with zero attached hydrogens (tertiary/aromatic N) is 1. The quantitative estimate of drug-likeness (QED) is 0.698. The van der Waals surface area contributed by atoms with Crippen LogP contribution in [-0.4, -0.2) is 53.0 Å². The van der Waals surface area contributed by atoms with Crippen molar-refractivity contribution in [2.45, 2.75) is 18.5 Å². The Morgan fingerprint density at radius 3 is 2.50 bits per heavy atom. The van der Waals surface area contributed by atoms with Crippen LogP contribution in [0, 0.1) is 5.82 Å². The number of carbonyl (C=O) groups is 3. The molecule has 7 nitrogen and oxygen atoms in total. The van der Waals surface area contributed by atoms with E-state index in [1.54, 1.807) is 0 Å². The smallest absolute Gasteiger partial charge is 0.326 e. The van der Waals surface area contributed by atoms with Crippen LogP contribution in [0.4, 0.5) is 4.39 Å². The molecule has 0 radical (unpaired) electrons. The van der Waals surface area contributed by atoms with Gasteiger partial charge in [0.1, 0.15) is 11.9 Å². The Morgan fingerprint density at radius 2 is 1.95 bits per heavy atom. The Balaban J connectivity index is 2.04. The Kier molecular flexibility index (Phi) is 4.71. The van der Waals surface area contributed by atoms with Gasteiger partial charge in [-0.3, -0.25) is 9.59 Å². The number of rotatable bonds is 4. The van der Waals surface area contributed by atoms with Gasteiger partial charge in [0.25, 0.3) is 5.91 Å². The van der Waals surface area contributed by atoms with Crippen LogP contribution in [0.2, 0.25) is 0 Å². The Hall–Kier alpha value is -2.48. The molecule has 2 amide bonds. The Labute approximate surface area is 125 Å². The third kappa shape index (κ3) is 3.40. The third-order valence-electron chi connectivity index (χ3n) is 3.52. The highest BCUT2D eigenvalue weighted by molar-refractivity contribution is 5.94. The van der Waals surface area contributed by atoms with E-state index >= 15 is 0 Å². The molecule has 0 spiro atoms. The second-order valence-electron chi connectivity index (χ2n) is 5.02. The van der Waals surface area contributed by atoms with Crippen molar-refractivity contribution < 1.29 is 23.9 Å². The zero-order valence-corrected chi connectivity index (χ0v) is 11.7. The zero-order chi connectivity index (χ0) is 16.3. The molecule has 1 aromatic carbocycles. The highest BCUT2D eigenvalue weighted by Gasteiger charge is 2.39. The van der Waals surface area contributed by atoms with Crippen molar-refractivity contribution in [3.05, 3.63) is 35.6 Å². The number of aliphatic carboxylic acids is 1. The summed E-state index contributed by atoms with van der Waals surface area (Å²) in [4.78, 5) is 36.0. The summed E-state index contributed by atoms with van der Waals surface area (Å²) in [6.45, 7) is -0.206. The number of hydrogen-bond acceptors (Lipinski definition) is 4. The average molecular weight is 309 g/mol. The third-order valence-corrected chi connectivity index (χ3v) is 3.52. The molecule has 0 bridgehead atoms. The molecule has 22 heavy (non-hydrogen) atoms. The predicted molar refractivity (Wildman–Crippen MR) is 74.5 cm³/mol. The molecule has 0 aromatic heterocycles. The van der Waals surface area contributed by atoms with Crippen molar-refractivity contribution in [1.82, 2.24) is 10.2 Å². The number of nitrogens with two attached hydrogens (primary N) is 1. The van der Waals surface area contributed by atoms with E-state index in [1.165, 1.54) is 12.1 Å². The molecule has 1 aromatic rings. The minimum absolute atomic E-state index is 0.0833. The average Bonchev–Trinajstić information content (AvgIpc) is 2.91. The topological polar surface area (TPSA) is 113 Å². The van der Waals surface area contributed by atoms with Crippen LogP contribution in [0.15, 0.2) is 24.3 Å². The number of nitrogens with one attached hydrogen (secondary N) is 1. The molecule has 2 rings (SSSR count). The molecule has 1 aliphatic rings. The number of carboxylic acid groups (broad SMARTS) is 1. The molecule has 1 saturated heterocycles. The molecule has 0 aliphatic carbocycles. The lowest BCUT2D eigenvalue weighted by Gasteiger charge is -2.20. The second-order valence-corrected chi connectivity index (χ2v) is 5.02. The Bertz CT molecular complexity index is 590.